The van der Waals surface area contributed by atoms with Crippen molar-refractivity contribution in [2.45, 2.75) is 156 Å². The molecule has 1 fully saturated rings. The van der Waals surface area contributed by atoms with E-state index in [4.69, 9.17) is 9.47 Å². The van der Waals surface area contributed by atoms with E-state index < -0.39 is 71.5 Å². The minimum atomic E-state index is -1.04. The molecule has 0 radical (unpaired) electrons. The van der Waals surface area contributed by atoms with E-state index in [1.807, 2.05) is 58.0 Å². The summed E-state index contributed by atoms with van der Waals surface area (Å²) in [7, 11) is 1.25. The molecule has 1 aromatic carbocycles. The maximum atomic E-state index is 14.1. The molecule has 0 aromatic heterocycles. The van der Waals surface area contributed by atoms with Gasteiger partial charge in [0.05, 0.1) is 7.11 Å². The largest absolute Gasteiger partial charge is 0.467 e. The molecule has 304 valence electrons. The summed E-state index contributed by atoms with van der Waals surface area (Å²) < 4.78 is 10.4. The van der Waals surface area contributed by atoms with Crippen molar-refractivity contribution >= 4 is 35.7 Å². The van der Waals surface area contributed by atoms with Crippen molar-refractivity contribution in [1.82, 2.24) is 26.6 Å². The molecular weight excluding hydrogens is 690 g/mol. The molecule has 13 heteroatoms. The second kappa shape index (κ2) is 22.3. The summed E-state index contributed by atoms with van der Waals surface area (Å²) >= 11 is 0. The Morgan fingerprint density at radius 1 is 0.667 bits per heavy atom. The average Bonchev–Trinajstić information content (AvgIpc) is 3.08. The Hall–Kier alpha value is -4.16. The van der Waals surface area contributed by atoms with Crippen LogP contribution in [-0.4, -0.2) is 78.6 Å². The quantitative estimate of drug-likeness (QED) is 0.123. The normalized spacial score (nSPS) is 16.4. The number of hydrogen-bond donors (Lipinski definition) is 5. The summed E-state index contributed by atoms with van der Waals surface area (Å²) in [5, 5.41) is 14.1. The van der Waals surface area contributed by atoms with Crippen molar-refractivity contribution < 1.29 is 38.2 Å². The van der Waals surface area contributed by atoms with Crippen LogP contribution in [0.1, 0.15) is 119 Å². The van der Waals surface area contributed by atoms with Crippen molar-refractivity contribution in [2.24, 2.45) is 23.7 Å². The predicted octanol–water partition coefficient (Wildman–Crippen LogP) is 4.95. The van der Waals surface area contributed by atoms with Crippen LogP contribution in [0.3, 0.4) is 0 Å². The smallest absolute Gasteiger partial charge is 0.408 e. The first-order valence-electron chi connectivity index (χ1n) is 19.6. The van der Waals surface area contributed by atoms with Gasteiger partial charge in [0.15, 0.2) is 0 Å². The highest BCUT2D eigenvalue weighted by Crippen LogP contribution is 2.28. The van der Waals surface area contributed by atoms with Gasteiger partial charge in [-0.3, -0.25) is 19.2 Å². The van der Waals surface area contributed by atoms with E-state index >= 15 is 0 Å². The summed E-state index contributed by atoms with van der Waals surface area (Å²) in [4.78, 5) is 80.9. The Balaban J connectivity index is 2.30. The van der Waals surface area contributed by atoms with Crippen molar-refractivity contribution in [3.63, 3.8) is 0 Å². The van der Waals surface area contributed by atoms with Crippen molar-refractivity contribution in [1.29, 1.82) is 0 Å². The lowest BCUT2D eigenvalue weighted by Gasteiger charge is -2.31. The molecule has 54 heavy (non-hydrogen) atoms. The van der Waals surface area contributed by atoms with Crippen LogP contribution in [0.4, 0.5) is 4.79 Å². The third kappa shape index (κ3) is 16.9. The first-order chi connectivity index (χ1) is 25.3. The molecule has 0 unspecified atom stereocenters. The summed E-state index contributed by atoms with van der Waals surface area (Å²) in [5.41, 5.74) is 0.0602. The fraction of sp³-hybridized carbons (Fsp3) is 0.707. The standard InChI is InChI=1S/C41H67N5O8/c1-25(2)21-30(35(47)44-33(39(51)53-10)24-29-19-15-12-16-20-29)43-38(50)34(27(5)6)46-37(49)32(23-28-17-13-11-14-18-28)42-36(48)31(22-26(3)4)45-40(52)54-41(7,8)9/h12,15-16,19-20,25-28,30-34H,11,13-14,17-18,21-24H2,1-10H3,(H,42,48)(H,43,50)(H,44,47)(H,45,52)(H,46,49)/t30-,31+,32+,33+,34-/m1/s1. The highest BCUT2D eigenvalue weighted by molar-refractivity contribution is 5.96. The molecule has 1 aliphatic rings. The number of rotatable bonds is 19. The summed E-state index contributed by atoms with van der Waals surface area (Å²) in [6.07, 6.45) is 5.45. The van der Waals surface area contributed by atoms with Crippen molar-refractivity contribution in [2.75, 3.05) is 7.11 Å². The number of benzene rings is 1. The minimum Gasteiger partial charge on any atom is -0.467 e. The topological polar surface area (TPSA) is 181 Å². The third-order valence-corrected chi connectivity index (χ3v) is 9.31. The average molecular weight is 758 g/mol. The number of hydrogen-bond acceptors (Lipinski definition) is 8. The molecule has 0 spiro atoms. The van der Waals surface area contributed by atoms with E-state index in [1.54, 1.807) is 34.6 Å². The number of esters is 1. The Labute approximate surface area is 322 Å². The number of carbonyl (C=O) groups excluding carboxylic acids is 6. The summed E-state index contributed by atoms with van der Waals surface area (Å²) in [6, 6.07) is 4.26. The van der Waals surface area contributed by atoms with E-state index in [-0.39, 0.29) is 36.5 Å². The van der Waals surface area contributed by atoms with Gasteiger partial charge < -0.3 is 36.1 Å². The first kappa shape index (κ1) is 46.0. The fourth-order valence-electron chi connectivity index (χ4n) is 6.62. The zero-order valence-electron chi connectivity index (χ0n) is 34.2. The van der Waals surface area contributed by atoms with E-state index in [1.165, 1.54) is 7.11 Å². The zero-order chi connectivity index (χ0) is 40.6. The molecule has 0 heterocycles. The van der Waals surface area contributed by atoms with Crippen LogP contribution >= 0.6 is 0 Å². The van der Waals surface area contributed by atoms with E-state index in [2.05, 4.69) is 26.6 Å². The second-order valence-electron chi connectivity index (χ2n) is 16.8. The van der Waals surface area contributed by atoms with Gasteiger partial charge in [0.25, 0.3) is 0 Å². The Morgan fingerprint density at radius 2 is 1.17 bits per heavy atom. The number of ether oxygens (including phenoxy) is 2. The molecule has 13 nitrogen and oxygen atoms in total. The summed E-state index contributed by atoms with van der Waals surface area (Å²) in [5.74, 6) is -2.90. The van der Waals surface area contributed by atoms with Gasteiger partial charge in [0.2, 0.25) is 23.6 Å². The lowest BCUT2D eigenvalue weighted by atomic mass is 9.84. The Kier molecular flexibility index (Phi) is 19.0. The monoisotopic (exact) mass is 757 g/mol. The number of carbonyl (C=O) groups is 6. The number of amides is 5. The lowest BCUT2D eigenvalue weighted by molar-refractivity contribution is -0.145. The highest BCUT2D eigenvalue weighted by Gasteiger charge is 2.35. The third-order valence-electron chi connectivity index (χ3n) is 9.31. The minimum absolute atomic E-state index is 0.00185. The molecule has 0 aliphatic heterocycles. The van der Waals surface area contributed by atoms with Gasteiger partial charge >= 0.3 is 12.1 Å². The molecule has 5 atom stereocenters. The molecule has 1 aromatic rings. The van der Waals surface area contributed by atoms with Gasteiger partial charge in [-0.15, -0.1) is 0 Å². The maximum absolute atomic E-state index is 14.1. The fourth-order valence-corrected chi connectivity index (χ4v) is 6.62. The highest BCUT2D eigenvalue weighted by atomic mass is 16.6. The molecule has 1 aliphatic carbocycles. The van der Waals surface area contributed by atoms with E-state index in [9.17, 15) is 28.8 Å². The zero-order valence-corrected chi connectivity index (χ0v) is 34.2. The van der Waals surface area contributed by atoms with Crippen molar-refractivity contribution in [3.8, 4) is 0 Å². The van der Waals surface area contributed by atoms with Gasteiger partial charge in [-0.25, -0.2) is 9.59 Å². The van der Waals surface area contributed by atoms with E-state index in [0.29, 0.717) is 12.8 Å². The van der Waals surface area contributed by atoms with Crippen LogP contribution in [0.15, 0.2) is 30.3 Å². The van der Waals surface area contributed by atoms with Crippen LogP contribution in [0.2, 0.25) is 0 Å². The number of alkyl carbamates (subject to hydrolysis) is 1. The van der Waals surface area contributed by atoms with E-state index in [0.717, 1.165) is 37.7 Å². The SMILES string of the molecule is COC(=O)[C@H](Cc1ccccc1)NC(=O)[C@@H](CC(C)C)NC(=O)[C@H](NC(=O)[C@H](CC1CCCCC1)NC(=O)[C@H](CC(C)C)NC(=O)OC(C)(C)C)C(C)C. The van der Waals surface area contributed by atoms with Crippen LogP contribution in [0.25, 0.3) is 0 Å². The van der Waals surface area contributed by atoms with Gasteiger partial charge in [-0.05, 0) is 69.3 Å². The molecule has 0 bridgehead atoms. The Morgan fingerprint density at radius 3 is 1.67 bits per heavy atom. The molecule has 5 amide bonds. The lowest BCUT2D eigenvalue weighted by Crippen LogP contribution is -2.60. The molecule has 0 saturated heterocycles. The van der Waals surface area contributed by atoms with Gasteiger partial charge in [0.1, 0.15) is 35.8 Å². The van der Waals surface area contributed by atoms with Crippen LogP contribution in [0, 0.1) is 23.7 Å². The number of methoxy groups -OCH3 is 1. The van der Waals surface area contributed by atoms with Gasteiger partial charge in [0, 0.05) is 6.42 Å². The second-order valence-corrected chi connectivity index (χ2v) is 16.8. The molecule has 1 saturated carbocycles. The van der Waals surface area contributed by atoms with Gasteiger partial charge in [-0.1, -0.05) is 104 Å². The number of nitrogens with one attached hydrogen (secondary N) is 5. The van der Waals surface area contributed by atoms with Gasteiger partial charge in [-0.2, -0.15) is 0 Å². The van der Waals surface area contributed by atoms with Crippen LogP contribution in [-0.2, 0) is 39.9 Å². The Bertz CT molecular complexity index is 1370. The molecule has 5 N–H and O–H groups in total. The summed E-state index contributed by atoms with van der Waals surface area (Å²) in [6.45, 7) is 16.5. The first-order valence-corrected chi connectivity index (χ1v) is 19.6. The maximum Gasteiger partial charge on any atom is 0.408 e. The molecule has 2 rings (SSSR count). The van der Waals surface area contributed by atoms with Crippen molar-refractivity contribution in [3.05, 3.63) is 35.9 Å². The van der Waals surface area contributed by atoms with Crippen LogP contribution < -0.4 is 26.6 Å². The van der Waals surface area contributed by atoms with Crippen LogP contribution in [0.5, 0.6) is 0 Å². The molecular formula is C41H67N5O8. The predicted molar refractivity (Wildman–Crippen MR) is 208 cm³/mol.